The molecule has 1 aromatic carbocycles. The predicted molar refractivity (Wildman–Crippen MR) is 62.5 cm³/mol. The third-order valence-corrected chi connectivity index (χ3v) is 2.56. The Hall–Kier alpha value is -0.630. The van der Waals surface area contributed by atoms with E-state index in [2.05, 4.69) is 36.7 Å². The van der Waals surface area contributed by atoms with Gasteiger partial charge < -0.3 is 0 Å². The van der Waals surface area contributed by atoms with E-state index in [4.69, 9.17) is 0 Å². The van der Waals surface area contributed by atoms with Gasteiger partial charge in [-0.05, 0) is 11.5 Å². The molecular formula is C12H15BrO. The fourth-order valence-electron chi connectivity index (χ4n) is 1.26. The zero-order chi connectivity index (χ0) is 10.8. The Balaban J connectivity index is 2.86. The van der Waals surface area contributed by atoms with Crippen LogP contribution in [0, 0.1) is 5.41 Å². The summed E-state index contributed by atoms with van der Waals surface area (Å²) in [7, 11) is 0. The quantitative estimate of drug-likeness (QED) is 0.728. The van der Waals surface area contributed by atoms with Crippen LogP contribution in [0.25, 0.3) is 0 Å². The highest BCUT2D eigenvalue weighted by Crippen LogP contribution is 2.24. The zero-order valence-electron chi connectivity index (χ0n) is 8.80. The number of carbonyl (C=O) groups is 1. The lowest BCUT2D eigenvalue weighted by Crippen LogP contribution is -2.13. The topological polar surface area (TPSA) is 17.1 Å². The molecule has 0 heterocycles. The Labute approximate surface area is 93.7 Å². The van der Waals surface area contributed by atoms with E-state index in [1.165, 1.54) is 0 Å². The van der Waals surface area contributed by atoms with E-state index in [9.17, 15) is 4.79 Å². The van der Waals surface area contributed by atoms with Gasteiger partial charge in [-0.3, -0.25) is 4.79 Å². The second kappa shape index (κ2) is 4.26. The van der Waals surface area contributed by atoms with Crippen LogP contribution in [0.2, 0.25) is 0 Å². The van der Waals surface area contributed by atoms with E-state index in [1.807, 2.05) is 24.3 Å². The molecule has 0 saturated heterocycles. The first-order valence-corrected chi connectivity index (χ1v) is 5.47. The van der Waals surface area contributed by atoms with Gasteiger partial charge in [-0.1, -0.05) is 54.9 Å². The van der Waals surface area contributed by atoms with Crippen LogP contribution in [0.1, 0.15) is 37.6 Å². The second-order valence-corrected chi connectivity index (χ2v) is 5.49. The molecule has 0 aliphatic carbocycles. The summed E-state index contributed by atoms with van der Waals surface area (Å²) in [6, 6.07) is 7.56. The molecule has 0 bridgehead atoms. The molecule has 0 aliphatic heterocycles. The molecule has 0 fully saturated rings. The van der Waals surface area contributed by atoms with E-state index in [1.54, 1.807) is 0 Å². The highest BCUT2D eigenvalue weighted by atomic mass is 79.9. The summed E-state index contributed by atoms with van der Waals surface area (Å²) in [5.41, 5.74) is 0.828. The van der Waals surface area contributed by atoms with Gasteiger partial charge in [0.25, 0.3) is 0 Å². The van der Waals surface area contributed by atoms with Gasteiger partial charge in [-0.15, -0.1) is 0 Å². The van der Waals surface area contributed by atoms with Crippen molar-refractivity contribution in [2.75, 3.05) is 0 Å². The van der Waals surface area contributed by atoms with Crippen LogP contribution in [0.4, 0.5) is 0 Å². The number of benzene rings is 1. The van der Waals surface area contributed by atoms with Gasteiger partial charge in [0.1, 0.15) is 0 Å². The normalized spacial score (nSPS) is 11.4. The first-order valence-electron chi connectivity index (χ1n) is 4.68. The summed E-state index contributed by atoms with van der Waals surface area (Å²) in [5.74, 6) is 0.199. The minimum absolute atomic E-state index is 0.0480. The van der Waals surface area contributed by atoms with E-state index in [0.29, 0.717) is 6.42 Å². The van der Waals surface area contributed by atoms with E-state index in [0.717, 1.165) is 10.0 Å². The Kier molecular flexibility index (Phi) is 3.48. The Morgan fingerprint density at radius 3 is 2.36 bits per heavy atom. The first-order chi connectivity index (χ1) is 6.40. The summed E-state index contributed by atoms with van der Waals surface area (Å²) in [4.78, 5) is 11.9. The molecular weight excluding hydrogens is 240 g/mol. The van der Waals surface area contributed by atoms with Crippen molar-refractivity contribution in [2.24, 2.45) is 5.41 Å². The molecule has 0 unspecified atom stereocenters. The lowest BCUT2D eigenvalue weighted by Gasteiger charge is -2.17. The van der Waals surface area contributed by atoms with Gasteiger partial charge in [0.2, 0.25) is 0 Å². The second-order valence-electron chi connectivity index (χ2n) is 4.64. The molecule has 1 aromatic rings. The van der Waals surface area contributed by atoms with Crippen molar-refractivity contribution in [3.63, 3.8) is 0 Å². The lowest BCUT2D eigenvalue weighted by atomic mass is 9.88. The number of hydrogen-bond acceptors (Lipinski definition) is 1. The van der Waals surface area contributed by atoms with E-state index >= 15 is 0 Å². The number of Topliss-reactive ketones (excluding diaryl/α,β-unsaturated/α-hetero) is 1. The largest absolute Gasteiger partial charge is 0.294 e. The van der Waals surface area contributed by atoms with Crippen LogP contribution in [-0.4, -0.2) is 5.78 Å². The summed E-state index contributed by atoms with van der Waals surface area (Å²) in [5, 5.41) is 0. The Morgan fingerprint density at radius 2 is 1.86 bits per heavy atom. The molecule has 0 N–H and O–H groups in total. The average Bonchev–Trinajstić information content (AvgIpc) is 2.01. The number of hydrogen-bond donors (Lipinski definition) is 0. The van der Waals surface area contributed by atoms with Gasteiger partial charge in [-0.2, -0.15) is 0 Å². The maximum atomic E-state index is 11.9. The third kappa shape index (κ3) is 3.26. The number of halogens is 1. The minimum Gasteiger partial charge on any atom is -0.294 e. The molecule has 2 heteroatoms. The van der Waals surface area contributed by atoms with Crippen molar-refractivity contribution >= 4 is 21.7 Å². The van der Waals surface area contributed by atoms with Crippen molar-refractivity contribution in [1.82, 2.24) is 0 Å². The van der Waals surface area contributed by atoms with Crippen molar-refractivity contribution in [1.29, 1.82) is 0 Å². The highest BCUT2D eigenvalue weighted by molar-refractivity contribution is 9.10. The van der Waals surface area contributed by atoms with Gasteiger partial charge in [0.05, 0.1) is 0 Å². The van der Waals surface area contributed by atoms with Crippen molar-refractivity contribution in [3.8, 4) is 0 Å². The Bertz CT molecular complexity index is 336. The summed E-state index contributed by atoms with van der Waals surface area (Å²) < 4.78 is 0.884. The fraction of sp³-hybridized carbons (Fsp3) is 0.417. The van der Waals surface area contributed by atoms with Crippen LogP contribution < -0.4 is 0 Å². The predicted octanol–water partition coefficient (Wildman–Crippen LogP) is 4.07. The number of rotatable bonds is 2. The zero-order valence-corrected chi connectivity index (χ0v) is 10.4. The molecule has 0 spiro atoms. The van der Waals surface area contributed by atoms with Gasteiger partial charge in [0, 0.05) is 16.5 Å². The summed E-state index contributed by atoms with van der Waals surface area (Å²) in [6.07, 6.45) is 0.579. The highest BCUT2D eigenvalue weighted by Gasteiger charge is 2.18. The molecule has 1 nitrogen and oxygen atoms in total. The number of ketones is 1. The Morgan fingerprint density at radius 1 is 1.29 bits per heavy atom. The van der Waals surface area contributed by atoms with Crippen LogP contribution in [0.15, 0.2) is 28.7 Å². The van der Waals surface area contributed by atoms with Gasteiger partial charge >= 0.3 is 0 Å². The molecule has 0 aliphatic rings. The molecule has 0 aromatic heterocycles. The van der Waals surface area contributed by atoms with Crippen LogP contribution in [0.3, 0.4) is 0 Å². The standard InChI is InChI=1S/C12H15BrO/c1-12(2,3)8-11(14)9-6-4-5-7-10(9)13/h4-7H,8H2,1-3H3. The number of carbonyl (C=O) groups excluding carboxylic acids is 1. The molecule has 14 heavy (non-hydrogen) atoms. The van der Waals surface area contributed by atoms with Crippen molar-refractivity contribution in [2.45, 2.75) is 27.2 Å². The molecule has 0 radical (unpaired) electrons. The summed E-state index contributed by atoms with van der Waals surface area (Å²) in [6.45, 7) is 6.21. The maximum Gasteiger partial charge on any atom is 0.164 e. The lowest BCUT2D eigenvalue weighted by molar-refractivity contribution is 0.0939. The maximum absolute atomic E-state index is 11.9. The van der Waals surface area contributed by atoms with Crippen LogP contribution >= 0.6 is 15.9 Å². The van der Waals surface area contributed by atoms with Gasteiger partial charge in [-0.25, -0.2) is 0 Å². The minimum atomic E-state index is 0.0480. The van der Waals surface area contributed by atoms with Crippen molar-refractivity contribution < 1.29 is 4.79 Å². The van der Waals surface area contributed by atoms with Crippen molar-refractivity contribution in [3.05, 3.63) is 34.3 Å². The van der Waals surface area contributed by atoms with Gasteiger partial charge in [0.15, 0.2) is 5.78 Å². The summed E-state index contributed by atoms with van der Waals surface area (Å²) >= 11 is 3.38. The molecule has 1 rings (SSSR count). The molecule has 0 amide bonds. The third-order valence-electron chi connectivity index (χ3n) is 1.87. The van der Waals surface area contributed by atoms with E-state index in [-0.39, 0.29) is 11.2 Å². The fourth-order valence-corrected chi connectivity index (χ4v) is 1.77. The smallest absolute Gasteiger partial charge is 0.164 e. The molecule has 76 valence electrons. The SMILES string of the molecule is CC(C)(C)CC(=O)c1ccccc1Br. The average molecular weight is 255 g/mol. The first kappa shape index (κ1) is 11.4. The van der Waals surface area contributed by atoms with E-state index < -0.39 is 0 Å². The monoisotopic (exact) mass is 254 g/mol. The van der Waals surface area contributed by atoms with Crippen LogP contribution in [0.5, 0.6) is 0 Å². The molecule has 0 atom stereocenters. The molecule has 0 saturated carbocycles. The van der Waals surface area contributed by atoms with Crippen LogP contribution in [-0.2, 0) is 0 Å².